The third-order valence-electron chi connectivity index (χ3n) is 6.11. The number of hydrogen-bond acceptors (Lipinski definition) is 5. The fraction of sp³-hybridized carbons (Fsp3) is 0.600. The summed E-state index contributed by atoms with van der Waals surface area (Å²) in [6.45, 7) is 4.14. The zero-order valence-corrected chi connectivity index (χ0v) is 18.6. The average molecular weight is 412 g/mol. The molecule has 1 aliphatic heterocycles. The van der Waals surface area contributed by atoms with E-state index in [4.69, 9.17) is 20.3 Å². The molecule has 30 heavy (non-hydrogen) atoms. The van der Waals surface area contributed by atoms with Crippen LogP contribution < -0.4 is 4.74 Å². The predicted octanol–water partition coefficient (Wildman–Crippen LogP) is 5.69. The number of rotatable bonds is 9. The van der Waals surface area contributed by atoms with Crippen LogP contribution in [0.3, 0.4) is 0 Å². The van der Waals surface area contributed by atoms with Gasteiger partial charge in [-0.3, -0.25) is 5.41 Å². The molecule has 0 radical (unpaired) electrons. The van der Waals surface area contributed by atoms with E-state index in [1.165, 1.54) is 12.8 Å². The smallest absolute Gasteiger partial charge is 0.206 e. The summed E-state index contributed by atoms with van der Waals surface area (Å²) >= 11 is 0. The zero-order valence-electron chi connectivity index (χ0n) is 18.6. The molecule has 1 aromatic rings. The van der Waals surface area contributed by atoms with E-state index in [9.17, 15) is 0 Å². The lowest BCUT2D eigenvalue weighted by molar-refractivity contribution is 0.105. The molecule has 0 atom stereocenters. The number of nitrogens with zero attached hydrogens (tertiary/aromatic N) is 1. The number of likely N-dealkylation sites (tertiary alicyclic amines) is 1. The quantitative estimate of drug-likeness (QED) is 0.405. The highest BCUT2D eigenvalue weighted by atomic mass is 16.5. The maximum atomic E-state index is 8.60. The Morgan fingerprint density at radius 1 is 1.03 bits per heavy atom. The van der Waals surface area contributed by atoms with Gasteiger partial charge >= 0.3 is 0 Å². The number of benzene rings is 1. The van der Waals surface area contributed by atoms with Crippen LogP contribution in [0.2, 0.25) is 0 Å². The molecule has 1 aromatic carbocycles. The molecular formula is C25H37N3O2. The standard InChI is InChI=1S/C25H37N3O2/c1-3-4-9-24(26)23(18-25(27)30-22-14-16-28(2)17-15-22)19-10-12-21(13-11-19)29-20-7-5-6-8-20/h10-13,18,20,22,26-27H,3-9,14-17H2,1-2H3. The van der Waals surface area contributed by atoms with Crippen LogP contribution in [0.25, 0.3) is 5.57 Å². The van der Waals surface area contributed by atoms with Gasteiger partial charge in [0.1, 0.15) is 11.9 Å². The van der Waals surface area contributed by atoms with Crippen molar-refractivity contribution >= 4 is 17.2 Å². The van der Waals surface area contributed by atoms with Gasteiger partial charge in [-0.25, -0.2) is 0 Å². The van der Waals surface area contributed by atoms with Crippen LogP contribution in [0.15, 0.2) is 30.3 Å². The van der Waals surface area contributed by atoms with E-state index >= 15 is 0 Å². The summed E-state index contributed by atoms with van der Waals surface area (Å²) in [5.41, 5.74) is 2.30. The van der Waals surface area contributed by atoms with E-state index in [0.717, 1.165) is 68.5 Å². The molecule has 3 rings (SSSR count). The lowest BCUT2D eigenvalue weighted by Crippen LogP contribution is -2.35. The summed E-state index contributed by atoms with van der Waals surface area (Å²) in [5, 5.41) is 17.0. The van der Waals surface area contributed by atoms with E-state index in [-0.39, 0.29) is 12.0 Å². The first-order chi connectivity index (χ1) is 14.5. The molecule has 1 aliphatic carbocycles. The van der Waals surface area contributed by atoms with Crippen molar-refractivity contribution in [3.63, 3.8) is 0 Å². The Hall–Kier alpha value is -2.14. The van der Waals surface area contributed by atoms with Gasteiger partial charge in [0, 0.05) is 30.5 Å². The molecule has 0 bridgehead atoms. The highest BCUT2D eigenvalue weighted by Crippen LogP contribution is 2.27. The third-order valence-corrected chi connectivity index (χ3v) is 6.11. The van der Waals surface area contributed by atoms with Gasteiger partial charge in [0.15, 0.2) is 0 Å². The summed E-state index contributed by atoms with van der Waals surface area (Å²) < 4.78 is 12.0. The molecule has 0 amide bonds. The molecule has 2 aliphatic rings. The molecule has 1 saturated heterocycles. The van der Waals surface area contributed by atoms with Crippen molar-refractivity contribution in [2.24, 2.45) is 0 Å². The van der Waals surface area contributed by atoms with Crippen LogP contribution in [-0.4, -0.2) is 48.9 Å². The summed E-state index contributed by atoms with van der Waals surface area (Å²) in [6.07, 6.45) is 11.6. The second kappa shape index (κ2) is 11.3. The number of nitrogens with one attached hydrogen (secondary N) is 2. The molecule has 1 heterocycles. The first-order valence-electron chi connectivity index (χ1n) is 11.6. The van der Waals surface area contributed by atoms with Crippen molar-refractivity contribution in [1.29, 1.82) is 10.8 Å². The fourth-order valence-corrected chi connectivity index (χ4v) is 4.19. The van der Waals surface area contributed by atoms with Crippen LogP contribution in [0.1, 0.15) is 70.3 Å². The molecular weight excluding hydrogens is 374 g/mol. The Morgan fingerprint density at radius 3 is 2.33 bits per heavy atom. The van der Waals surface area contributed by atoms with E-state index in [1.54, 1.807) is 6.08 Å². The zero-order chi connectivity index (χ0) is 21.3. The van der Waals surface area contributed by atoms with Crippen molar-refractivity contribution in [2.75, 3.05) is 20.1 Å². The normalized spacial score (nSPS) is 19.1. The Labute approximate surface area is 181 Å². The van der Waals surface area contributed by atoms with Crippen molar-refractivity contribution < 1.29 is 9.47 Å². The van der Waals surface area contributed by atoms with E-state index in [2.05, 4.69) is 18.9 Å². The maximum absolute atomic E-state index is 8.60. The van der Waals surface area contributed by atoms with Crippen LogP contribution in [0.4, 0.5) is 0 Å². The SMILES string of the molecule is CCCCC(=N)C(=CC(=N)OC1CCN(C)CC1)c1ccc(OC2CCCC2)cc1. The van der Waals surface area contributed by atoms with Gasteiger partial charge in [0.2, 0.25) is 5.90 Å². The summed E-state index contributed by atoms with van der Waals surface area (Å²) in [6, 6.07) is 8.02. The molecule has 0 aromatic heterocycles. The lowest BCUT2D eigenvalue weighted by Gasteiger charge is -2.29. The van der Waals surface area contributed by atoms with Crippen LogP contribution in [-0.2, 0) is 4.74 Å². The van der Waals surface area contributed by atoms with Crippen molar-refractivity contribution in [2.45, 2.75) is 76.9 Å². The molecule has 0 unspecified atom stereocenters. The minimum atomic E-state index is 0.0956. The number of ether oxygens (including phenoxy) is 2. The van der Waals surface area contributed by atoms with Gasteiger partial charge in [-0.1, -0.05) is 25.5 Å². The molecule has 0 spiro atoms. The Kier molecular flexibility index (Phi) is 8.50. The number of unbranched alkanes of at least 4 members (excludes halogenated alkanes) is 1. The maximum Gasteiger partial charge on any atom is 0.206 e. The summed E-state index contributed by atoms with van der Waals surface area (Å²) in [7, 11) is 2.12. The molecule has 164 valence electrons. The first-order valence-corrected chi connectivity index (χ1v) is 11.6. The Morgan fingerprint density at radius 2 is 1.70 bits per heavy atom. The summed E-state index contributed by atoms with van der Waals surface area (Å²) in [5.74, 6) is 1.05. The Balaban J connectivity index is 1.70. The number of piperidine rings is 1. The molecule has 2 fully saturated rings. The van der Waals surface area contributed by atoms with E-state index in [1.807, 2.05) is 24.3 Å². The second-order valence-corrected chi connectivity index (χ2v) is 8.67. The van der Waals surface area contributed by atoms with Gasteiger partial charge in [-0.05, 0) is 76.1 Å². The average Bonchev–Trinajstić information content (AvgIpc) is 3.26. The van der Waals surface area contributed by atoms with Gasteiger partial charge in [-0.2, -0.15) is 0 Å². The Bertz CT molecular complexity index is 727. The highest BCUT2D eigenvalue weighted by Gasteiger charge is 2.20. The lowest BCUT2D eigenvalue weighted by atomic mass is 9.97. The molecule has 5 heteroatoms. The molecule has 5 nitrogen and oxygen atoms in total. The van der Waals surface area contributed by atoms with Gasteiger partial charge in [-0.15, -0.1) is 0 Å². The minimum Gasteiger partial charge on any atom is -0.490 e. The highest BCUT2D eigenvalue weighted by molar-refractivity contribution is 6.25. The topological polar surface area (TPSA) is 69.4 Å². The molecule has 2 N–H and O–H groups in total. The number of allylic oxidation sites excluding steroid dienone is 1. The largest absolute Gasteiger partial charge is 0.490 e. The predicted molar refractivity (Wildman–Crippen MR) is 124 cm³/mol. The van der Waals surface area contributed by atoms with Crippen molar-refractivity contribution in [3.05, 3.63) is 35.9 Å². The monoisotopic (exact) mass is 411 g/mol. The third kappa shape index (κ3) is 6.69. The van der Waals surface area contributed by atoms with Crippen molar-refractivity contribution in [3.8, 4) is 5.75 Å². The minimum absolute atomic E-state index is 0.0956. The van der Waals surface area contributed by atoms with Crippen molar-refractivity contribution in [1.82, 2.24) is 4.90 Å². The van der Waals surface area contributed by atoms with E-state index < -0.39 is 0 Å². The van der Waals surface area contributed by atoms with Crippen LogP contribution >= 0.6 is 0 Å². The van der Waals surface area contributed by atoms with Gasteiger partial charge < -0.3 is 19.8 Å². The first kappa shape index (κ1) is 22.5. The fourth-order valence-electron chi connectivity index (χ4n) is 4.19. The second-order valence-electron chi connectivity index (χ2n) is 8.67. The van der Waals surface area contributed by atoms with Crippen LogP contribution in [0.5, 0.6) is 5.75 Å². The van der Waals surface area contributed by atoms with Crippen LogP contribution in [0, 0.1) is 10.8 Å². The van der Waals surface area contributed by atoms with Gasteiger partial charge in [0.05, 0.1) is 6.10 Å². The van der Waals surface area contributed by atoms with E-state index in [0.29, 0.717) is 18.2 Å². The summed E-state index contributed by atoms with van der Waals surface area (Å²) in [4.78, 5) is 2.29. The van der Waals surface area contributed by atoms with Gasteiger partial charge in [0.25, 0.3) is 0 Å². The number of hydrogen-bond donors (Lipinski definition) is 2. The molecule has 1 saturated carbocycles.